The van der Waals surface area contributed by atoms with Crippen molar-refractivity contribution in [2.45, 2.75) is 18.5 Å². The van der Waals surface area contributed by atoms with Gasteiger partial charge < -0.3 is 10.2 Å². The highest BCUT2D eigenvalue weighted by Crippen LogP contribution is 2.27. The van der Waals surface area contributed by atoms with E-state index in [1.807, 2.05) is 7.05 Å². The summed E-state index contributed by atoms with van der Waals surface area (Å²) < 4.78 is 2.22. The van der Waals surface area contributed by atoms with E-state index in [4.69, 9.17) is 4.98 Å². The van der Waals surface area contributed by atoms with E-state index < -0.39 is 0 Å². The molecule has 0 saturated heterocycles. The molecule has 5 heteroatoms. The molecule has 2 atom stereocenters. The first-order chi connectivity index (χ1) is 9.69. The normalized spacial score (nSPS) is 22.2. The minimum atomic E-state index is 0.310. The number of nitrogens with zero attached hydrogens (tertiary/aromatic N) is 3. The third kappa shape index (κ3) is 2.44. The van der Waals surface area contributed by atoms with Crippen LogP contribution in [-0.4, -0.2) is 41.5 Å². The second kappa shape index (κ2) is 5.52. The largest absolute Gasteiger partial charge is 0.313 e. The first-order valence-corrected chi connectivity index (χ1v) is 7.69. The van der Waals surface area contributed by atoms with Crippen LogP contribution in [0.15, 0.2) is 35.9 Å². The van der Waals surface area contributed by atoms with Crippen molar-refractivity contribution in [1.29, 1.82) is 0 Å². The summed E-state index contributed by atoms with van der Waals surface area (Å²) in [6.45, 7) is 0.936. The van der Waals surface area contributed by atoms with E-state index in [1.54, 1.807) is 11.3 Å². The molecule has 3 rings (SSSR count). The average Bonchev–Trinajstić information content (AvgIpc) is 3.00. The van der Waals surface area contributed by atoms with Crippen LogP contribution in [0.5, 0.6) is 0 Å². The Labute approximate surface area is 123 Å². The van der Waals surface area contributed by atoms with E-state index in [0.29, 0.717) is 12.0 Å². The SMILES string of the molecule is CNC1C=CC=CC1c1cn2c(CN(C)C)csc2n1. The van der Waals surface area contributed by atoms with Gasteiger partial charge in [0.2, 0.25) is 0 Å². The molecule has 2 aromatic rings. The Bertz CT molecular complexity index is 650. The Hall–Kier alpha value is -1.43. The molecule has 0 aromatic carbocycles. The quantitative estimate of drug-likeness (QED) is 0.936. The zero-order valence-corrected chi connectivity index (χ0v) is 12.9. The van der Waals surface area contributed by atoms with Crippen LogP contribution in [0.1, 0.15) is 17.3 Å². The molecular weight excluding hydrogens is 268 g/mol. The van der Waals surface area contributed by atoms with E-state index in [1.165, 1.54) is 5.69 Å². The second-order valence-corrected chi connectivity index (χ2v) is 6.23. The van der Waals surface area contributed by atoms with Crippen molar-refractivity contribution in [3.8, 4) is 0 Å². The highest BCUT2D eigenvalue weighted by Gasteiger charge is 2.22. The van der Waals surface area contributed by atoms with Gasteiger partial charge in [-0.3, -0.25) is 4.40 Å². The van der Waals surface area contributed by atoms with Crippen LogP contribution < -0.4 is 5.32 Å². The average molecular weight is 288 g/mol. The predicted molar refractivity (Wildman–Crippen MR) is 84.3 cm³/mol. The molecule has 0 amide bonds. The molecule has 0 radical (unpaired) electrons. The third-order valence-electron chi connectivity index (χ3n) is 3.59. The number of allylic oxidation sites excluding steroid dienone is 2. The molecule has 0 saturated carbocycles. The number of hydrogen-bond donors (Lipinski definition) is 1. The van der Waals surface area contributed by atoms with Gasteiger partial charge in [-0.25, -0.2) is 4.98 Å². The zero-order valence-electron chi connectivity index (χ0n) is 12.1. The molecule has 2 heterocycles. The molecule has 0 aliphatic heterocycles. The van der Waals surface area contributed by atoms with E-state index in [0.717, 1.165) is 17.2 Å². The van der Waals surface area contributed by atoms with E-state index >= 15 is 0 Å². The van der Waals surface area contributed by atoms with Crippen LogP contribution in [0, 0.1) is 0 Å². The monoisotopic (exact) mass is 288 g/mol. The summed E-state index contributed by atoms with van der Waals surface area (Å²) >= 11 is 1.71. The van der Waals surface area contributed by atoms with Crippen molar-refractivity contribution < 1.29 is 0 Å². The van der Waals surface area contributed by atoms with E-state index in [2.05, 4.69) is 64.6 Å². The minimum absolute atomic E-state index is 0.310. The Morgan fingerprint density at radius 3 is 2.90 bits per heavy atom. The third-order valence-corrected chi connectivity index (χ3v) is 4.48. The molecule has 1 aliphatic carbocycles. The molecule has 2 aromatic heterocycles. The van der Waals surface area contributed by atoms with Crippen molar-refractivity contribution in [1.82, 2.24) is 19.6 Å². The number of hydrogen-bond acceptors (Lipinski definition) is 4. The van der Waals surface area contributed by atoms with Crippen LogP contribution in [0.3, 0.4) is 0 Å². The number of aromatic nitrogens is 2. The molecule has 0 spiro atoms. The molecule has 1 aliphatic rings. The summed E-state index contributed by atoms with van der Waals surface area (Å²) in [6, 6.07) is 0.321. The van der Waals surface area contributed by atoms with Gasteiger partial charge in [-0.05, 0) is 21.1 Å². The predicted octanol–water partition coefficient (Wildman–Crippen LogP) is 2.26. The lowest BCUT2D eigenvalue weighted by molar-refractivity contribution is 0.396. The van der Waals surface area contributed by atoms with Gasteiger partial charge >= 0.3 is 0 Å². The van der Waals surface area contributed by atoms with Gasteiger partial charge in [-0.2, -0.15) is 0 Å². The number of fused-ring (bicyclic) bond motifs is 1. The number of likely N-dealkylation sites (N-methyl/N-ethyl adjacent to an activating group) is 1. The summed E-state index contributed by atoms with van der Waals surface area (Å²) in [5.41, 5.74) is 2.43. The Morgan fingerprint density at radius 1 is 1.35 bits per heavy atom. The molecule has 4 nitrogen and oxygen atoms in total. The molecule has 0 bridgehead atoms. The highest BCUT2D eigenvalue weighted by atomic mass is 32.1. The van der Waals surface area contributed by atoms with Crippen LogP contribution in [-0.2, 0) is 6.54 Å². The number of thiazole rings is 1. The fourth-order valence-electron chi connectivity index (χ4n) is 2.61. The molecule has 1 N–H and O–H groups in total. The summed E-state index contributed by atoms with van der Waals surface area (Å²) in [7, 11) is 6.18. The van der Waals surface area contributed by atoms with Crippen molar-refractivity contribution in [2.24, 2.45) is 0 Å². The summed E-state index contributed by atoms with van der Waals surface area (Å²) in [4.78, 5) is 8.06. The number of imidazole rings is 1. The van der Waals surface area contributed by atoms with Crippen molar-refractivity contribution in [2.75, 3.05) is 21.1 Å². The van der Waals surface area contributed by atoms with E-state index in [9.17, 15) is 0 Å². The van der Waals surface area contributed by atoms with Gasteiger partial charge in [0, 0.05) is 35.8 Å². The van der Waals surface area contributed by atoms with Gasteiger partial charge in [0.15, 0.2) is 4.96 Å². The van der Waals surface area contributed by atoms with Gasteiger partial charge in [-0.1, -0.05) is 24.3 Å². The summed E-state index contributed by atoms with van der Waals surface area (Å²) in [5.74, 6) is 0.310. The maximum atomic E-state index is 4.80. The molecule has 106 valence electrons. The van der Waals surface area contributed by atoms with Gasteiger partial charge in [0.05, 0.1) is 5.69 Å². The van der Waals surface area contributed by atoms with Crippen molar-refractivity contribution in [3.63, 3.8) is 0 Å². The van der Waals surface area contributed by atoms with E-state index in [-0.39, 0.29) is 0 Å². The highest BCUT2D eigenvalue weighted by molar-refractivity contribution is 7.15. The smallest absolute Gasteiger partial charge is 0.194 e. The maximum Gasteiger partial charge on any atom is 0.194 e. The van der Waals surface area contributed by atoms with Crippen LogP contribution >= 0.6 is 11.3 Å². The standard InChI is InChI=1S/C15H20N4S/c1-16-13-7-5-4-6-12(13)14-9-19-11(8-18(2)3)10-20-15(19)17-14/h4-7,9-10,12-13,16H,8H2,1-3H3. The molecule has 0 fully saturated rings. The topological polar surface area (TPSA) is 32.6 Å². The maximum absolute atomic E-state index is 4.80. The minimum Gasteiger partial charge on any atom is -0.313 e. The fraction of sp³-hybridized carbons (Fsp3) is 0.400. The molecule has 2 unspecified atom stereocenters. The van der Waals surface area contributed by atoms with Crippen molar-refractivity contribution >= 4 is 16.3 Å². The fourth-order valence-corrected chi connectivity index (χ4v) is 3.48. The first kappa shape index (κ1) is 13.5. The lowest BCUT2D eigenvalue weighted by atomic mass is 9.92. The first-order valence-electron chi connectivity index (χ1n) is 6.81. The van der Waals surface area contributed by atoms with Crippen LogP contribution in [0.25, 0.3) is 4.96 Å². The van der Waals surface area contributed by atoms with Gasteiger partial charge in [0.25, 0.3) is 0 Å². The molecular formula is C15H20N4S. The Morgan fingerprint density at radius 2 is 2.15 bits per heavy atom. The van der Waals surface area contributed by atoms with Crippen LogP contribution in [0.4, 0.5) is 0 Å². The summed E-state index contributed by atoms with van der Waals surface area (Å²) in [5, 5.41) is 5.54. The van der Waals surface area contributed by atoms with Crippen LogP contribution in [0.2, 0.25) is 0 Å². The molecule has 20 heavy (non-hydrogen) atoms. The number of rotatable bonds is 4. The lowest BCUT2D eigenvalue weighted by Gasteiger charge is -2.21. The number of nitrogens with one attached hydrogen (secondary N) is 1. The zero-order chi connectivity index (χ0) is 14.1. The summed E-state index contributed by atoms with van der Waals surface area (Å²) in [6.07, 6.45) is 10.8. The second-order valence-electron chi connectivity index (χ2n) is 5.39. The van der Waals surface area contributed by atoms with Crippen molar-refractivity contribution in [3.05, 3.63) is 47.3 Å². The Kier molecular flexibility index (Phi) is 3.74. The lowest BCUT2D eigenvalue weighted by Crippen LogP contribution is -2.30. The van der Waals surface area contributed by atoms with Gasteiger partial charge in [-0.15, -0.1) is 11.3 Å². The van der Waals surface area contributed by atoms with Gasteiger partial charge in [0.1, 0.15) is 0 Å². The Balaban J connectivity index is 1.95.